The lowest BCUT2D eigenvalue weighted by Crippen LogP contribution is -2.57. The number of hydrogen-bond acceptors (Lipinski definition) is 5. The Bertz CT molecular complexity index is 685. The summed E-state index contributed by atoms with van der Waals surface area (Å²) in [6, 6.07) is 0. The fourth-order valence-corrected chi connectivity index (χ4v) is 7.53. The standard InChI is InChI=1S/C21H32N2O3/c1-12(22-25)16-6-7-17-15-5-4-13-10-14(23-26)8-9-20(13,2)19(15)18(24)11-21(16,17)3/h10,15-19,24-26H,4-9,11H2,1-3H3. The predicted molar refractivity (Wildman–Crippen MR) is 101 cm³/mol. The molecule has 3 N–H and O–H groups in total. The second-order valence-electron chi connectivity index (χ2n) is 9.66. The first-order valence-electron chi connectivity index (χ1n) is 10.1. The van der Waals surface area contributed by atoms with Crippen LogP contribution in [0, 0.1) is 34.5 Å². The fraction of sp³-hybridized carbons (Fsp3) is 0.810. The molecule has 0 amide bonds. The Morgan fingerprint density at radius 2 is 1.92 bits per heavy atom. The van der Waals surface area contributed by atoms with Crippen LogP contribution >= 0.6 is 0 Å². The average Bonchev–Trinajstić information content (AvgIpc) is 2.96. The quantitative estimate of drug-likeness (QED) is 0.372. The summed E-state index contributed by atoms with van der Waals surface area (Å²) in [6.45, 7) is 6.56. The van der Waals surface area contributed by atoms with Crippen molar-refractivity contribution in [1.29, 1.82) is 0 Å². The van der Waals surface area contributed by atoms with Crippen molar-refractivity contribution in [2.24, 2.45) is 44.8 Å². The summed E-state index contributed by atoms with van der Waals surface area (Å²) in [7, 11) is 0. The monoisotopic (exact) mass is 360 g/mol. The summed E-state index contributed by atoms with van der Waals surface area (Å²) >= 11 is 0. The van der Waals surface area contributed by atoms with Crippen molar-refractivity contribution in [2.45, 2.75) is 71.8 Å². The summed E-state index contributed by atoms with van der Waals surface area (Å²) < 4.78 is 0. The Labute approximate surface area is 155 Å². The van der Waals surface area contributed by atoms with Crippen LogP contribution in [0.3, 0.4) is 0 Å². The van der Waals surface area contributed by atoms with Gasteiger partial charge in [0.25, 0.3) is 0 Å². The number of aliphatic hydroxyl groups is 1. The van der Waals surface area contributed by atoms with E-state index in [-0.39, 0.29) is 28.8 Å². The second kappa shape index (κ2) is 6.08. The van der Waals surface area contributed by atoms with Gasteiger partial charge in [-0.05, 0) is 86.5 Å². The van der Waals surface area contributed by atoms with Gasteiger partial charge in [-0.3, -0.25) is 0 Å². The highest BCUT2D eigenvalue weighted by molar-refractivity contribution is 5.96. The number of aliphatic hydroxyl groups excluding tert-OH is 1. The van der Waals surface area contributed by atoms with Crippen LogP contribution in [-0.2, 0) is 0 Å². The summed E-state index contributed by atoms with van der Waals surface area (Å²) in [6.07, 6.45) is 8.66. The molecule has 0 aromatic heterocycles. The molecule has 7 unspecified atom stereocenters. The Kier molecular flexibility index (Phi) is 4.22. The first-order chi connectivity index (χ1) is 12.3. The van der Waals surface area contributed by atoms with E-state index in [2.05, 4.69) is 30.2 Å². The van der Waals surface area contributed by atoms with E-state index in [0.29, 0.717) is 11.8 Å². The number of fused-ring (bicyclic) bond motifs is 5. The third-order valence-corrected chi connectivity index (χ3v) is 8.70. The van der Waals surface area contributed by atoms with Crippen molar-refractivity contribution in [3.8, 4) is 0 Å². The zero-order valence-electron chi connectivity index (χ0n) is 16.1. The highest BCUT2D eigenvalue weighted by atomic mass is 16.4. The molecule has 3 saturated carbocycles. The molecule has 5 nitrogen and oxygen atoms in total. The Balaban J connectivity index is 1.70. The maximum absolute atomic E-state index is 11.3. The van der Waals surface area contributed by atoms with Crippen molar-refractivity contribution in [3.63, 3.8) is 0 Å². The predicted octanol–water partition coefficient (Wildman–Crippen LogP) is 4.22. The van der Waals surface area contributed by atoms with E-state index in [9.17, 15) is 15.5 Å². The minimum absolute atomic E-state index is 0.00997. The van der Waals surface area contributed by atoms with E-state index in [1.54, 1.807) is 0 Å². The molecule has 4 rings (SSSR count). The molecule has 26 heavy (non-hydrogen) atoms. The molecule has 0 radical (unpaired) electrons. The molecule has 4 aliphatic rings. The first kappa shape index (κ1) is 18.0. The number of oxime groups is 2. The summed E-state index contributed by atoms with van der Waals surface area (Å²) in [4.78, 5) is 0. The summed E-state index contributed by atoms with van der Waals surface area (Å²) in [5.41, 5.74) is 3.01. The van der Waals surface area contributed by atoms with Gasteiger partial charge in [-0.2, -0.15) is 0 Å². The third kappa shape index (κ3) is 2.32. The smallest absolute Gasteiger partial charge is 0.0795 e. The van der Waals surface area contributed by atoms with Gasteiger partial charge in [0.2, 0.25) is 0 Å². The van der Waals surface area contributed by atoms with Gasteiger partial charge < -0.3 is 15.5 Å². The van der Waals surface area contributed by atoms with Crippen LogP contribution < -0.4 is 0 Å². The Morgan fingerprint density at radius 1 is 1.15 bits per heavy atom. The van der Waals surface area contributed by atoms with E-state index < -0.39 is 0 Å². The number of rotatable bonds is 1. The molecule has 0 bridgehead atoms. The molecule has 7 atom stereocenters. The molecule has 0 heterocycles. The molecular weight excluding hydrogens is 328 g/mol. The van der Waals surface area contributed by atoms with Crippen LogP contribution in [-0.4, -0.2) is 33.0 Å². The molecule has 0 aliphatic heterocycles. The van der Waals surface area contributed by atoms with E-state index in [1.807, 2.05) is 6.92 Å². The summed E-state index contributed by atoms with van der Waals surface area (Å²) in [5.74, 6) is 1.67. The third-order valence-electron chi connectivity index (χ3n) is 8.70. The van der Waals surface area contributed by atoms with Crippen molar-refractivity contribution < 1.29 is 15.5 Å². The van der Waals surface area contributed by atoms with Crippen LogP contribution in [0.5, 0.6) is 0 Å². The van der Waals surface area contributed by atoms with Gasteiger partial charge in [-0.25, -0.2) is 0 Å². The largest absolute Gasteiger partial charge is 0.411 e. The SMILES string of the molecule is CC(=NO)C1CCC2C3CCC4=CC(=NO)CCC4(C)C3C(O)CC12C. The molecule has 144 valence electrons. The zero-order valence-corrected chi connectivity index (χ0v) is 16.1. The van der Waals surface area contributed by atoms with Crippen molar-refractivity contribution >= 4 is 11.4 Å². The van der Waals surface area contributed by atoms with Gasteiger partial charge in [0.05, 0.1) is 17.5 Å². The Morgan fingerprint density at radius 3 is 2.62 bits per heavy atom. The summed E-state index contributed by atoms with van der Waals surface area (Å²) in [5, 5.41) is 36.8. The van der Waals surface area contributed by atoms with Crippen molar-refractivity contribution in [3.05, 3.63) is 11.6 Å². The molecular formula is C21H32N2O3. The maximum atomic E-state index is 11.3. The normalized spacial score (nSPS) is 50.0. The highest BCUT2D eigenvalue weighted by Gasteiger charge is 2.62. The minimum Gasteiger partial charge on any atom is -0.411 e. The topological polar surface area (TPSA) is 85.4 Å². The van der Waals surface area contributed by atoms with Gasteiger partial charge in [0, 0.05) is 5.92 Å². The first-order valence-corrected chi connectivity index (χ1v) is 10.1. The lowest BCUT2D eigenvalue weighted by molar-refractivity contribution is -0.121. The lowest BCUT2D eigenvalue weighted by Gasteiger charge is -2.60. The van der Waals surface area contributed by atoms with Gasteiger partial charge in [-0.15, -0.1) is 0 Å². The molecule has 4 aliphatic carbocycles. The average molecular weight is 360 g/mol. The lowest BCUT2D eigenvalue weighted by atomic mass is 9.46. The van der Waals surface area contributed by atoms with Crippen LogP contribution in [0.2, 0.25) is 0 Å². The van der Waals surface area contributed by atoms with Gasteiger partial charge in [0.15, 0.2) is 0 Å². The van der Waals surface area contributed by atoms with E-state index >= 15 is 0 Å². The van der Waals surface area contributed by atoms with Gasteiger partial charge in [0.1, 0.15) is 0 Å². The van der Waals surface area contributed by atoms with Crippen LogP contribution in [0.25, 0.3) is 0 Å². The van der Waals surface area contributed by atoms with Crippen LogP contribution in [0.15, 0.2) is 22.0 Å². The van der Waals surface area contributed by atoms with Crippen LogP contribution in [0.4, 0.5) is 0 Å². The number of allylic oxidation sites excluding steroid dienone is 2. The van der Waals surface area contributed by atoms with E-state index in [4.69, 9.17) is 0 Å². The molecule has 0 aromatic carbocycles. The molecule has 3 fully saturated rings. The van der Waals surface area contributed by atoms with E-state index in [0.717, 1.165) is 49.9 Å². The number of nitrogens with zero attached hydrogens (tertiary/aromatic N) is 2. The zero-order chi connectivity index (χ0) is 18.7. The minimum atomic E-state index is -0.324. The molecule has 0 aromatic rings. The van der Waals surface area contributed by atoms with E-state index in [1.165, 1.54) is 12.0 Å². The van der Waals surface area contributed by atoms with Crippen molar-refractivity contribution in [2.75, 3.05) is 0 Å². The molecule has 5 heteroatoms. The highest BCUT2D eigenvalue weighted by Crippen LogP contribution is 2.66. The Hall–Kier alpha value is -1.36. The fourth-order valence-electron chi connectivity index (χ4n) is 7.53. The second-order valence-corrected chi connectivity index (χ2v) is 9.66. The number of hydrogen-bond donors (Lipinski definition) is 3. The van der Waals surface area contributed by atoms with Gasteiger partial charge in [-0.1, -0.05) is 29.7 Å². The van der Waals surface area contributed by atoms with Crippen LogP contribution in [0.1, 0.15) is 65.7 Å². The van der Waals surface area contributed by atoms with Crippen molar-refractivity contribution in [1.82, 2.24) is 0 Å². The molecule has 0 saturated heterocycles. The maximum Gasteiger partial charge on any atom is 0.0795 e. The van der Waals surface area contributed by atoms with Gasteiger partial charge >= 0.3 is 0 Å². The molecule has 0 spiro atoms.